The van der Waals surface area contributed by atoms with Crippen LogP contribution in [-0.4, -0.2) is 9.55 Å². The number of fused-ring (bicyclic) bond motifs is 1. The lowest BCUT2D eigenvalue weighted by Crippen LogP contribution is -1.89. The number of hydrogen-bond acceptors (Lipinski definition) is 1. The number of hydrogen-bond donors (Lipinski definition) is 0. The topological polar surface area (TPSA) is 17.8 Å². The van der Waals surface area contributed by atoms with Crippen LogP contribution < -0.4 is 0 Å². The molecule has 0 N–H and O–H groups in total. The van der Waals surface area contributed by atoms with Gasteiger partial charge >= 0.3 is 0 Å². The number of halogens is 2. The van der Waals surface area contributed by atoms with E-state index in [4.69, 9.17) is 23.2 Å². The molecule has 1 heterocycles. The number of imidazole rings is 1. The lowest BCUT2D eigenvalue weighted by atomic mass is 10.3. The van der Waals surface area contributed by atoms with Gasteiger partial charge in [-0.25, -0.2) is 4.98 Å². The van der Waals surface area contributed by atoms with Crippen LogP contribution in [0.4, 0.5) is 0 Å². The first-order chi connectivity index (χ1) is 6.24. The Labute approximate surface area is 86.1 Å². The molecule has 0 unspecified atom stereocenters. The number of aromatic nitrogens is 2. The molecule has 0 bridgehead atoms. The minimum Gasteiger partial charge on any atom is -0.331 e. The van der Waals surface area contributed by atoms with Gasteiger partial charge in [0, 0.05) is 6.54 Å². The largest absolute Gasteiger partial charge is 0.331 e. The van der Waals surface area contributed by atoms with E-state index in [9.17, 15) is 0 Å². The monoisotopic (exact) mass is 214 g/mol. The standard InChI is InChI=1S/C9H8Cl2N2/c1-2-13-5-12-9-7(13)4-3-6(10)8(9)11/h3-5H,2H2,1H3. The summed E-state index contributed by atoms with van der Waals surface area (Å²) in [6, 6.07) is 3.72. The first kappa shape index (κ1) is 8.85. The van der Waals surface area contributed by atoms with Gasteiger partial charge in [-0.1, -0.05) is 23.2 Å². The van der Waals surface area contributed by atoms with E-state index in [1.807, 2.05) is 10.6 Å². The van der Waals surface area contributed by atoms with Crippen molar-refractivity contribution in [3.8, 4) is 0 Å². The third kappa shape index (κ3) is 1.30. The third-order valence-electron chi connectivity index (χ3n) is 2.02. The average Bonchev–Trinajstić information content (AvgIpc) is 2.55. The number of nitrogens with zero attached hydrogens (tertiary/aromatic N) is 2. The van der Waals surface area contributed by atoms with Crippen LogP contribution in [0, 0.1) is 0 Å². The van der Waals surface area contributed by atoms with Gasteiger partial charge in [0.2, 0.25) is 0 Å². The highest BCUT2D eigenvalue weighted by molar-refractivity contribution is 6.44. The molecule has 2 rings (SSSR count). The fourth-order valence-corrected chi connectivity index (χ4v) is 1.69. The van der Waals surface area contributed by atoms with Gasteiger partial charge in [-0.05, 0) is 19.1 Å². The van der Waals surface area contributed by atoms with Crippen molar-refractivity contribution < 1.29 is 0 Å². The van der Waals surface area contributed by atoms with E-state index in [0.29, 0.717) is 10.0 Å². The summed E-state index contributed by atoms with van der Waals surface area (Å²) in [6.07, 6.45) is 1.77. The minimum atomic E-state index is 0.534. The zero-order valence-corrected chi connectivity index (χ0v) is 8.60. The molecule has 0 aliphatic heterocycles. The number of rotatable bonds is 1. The van der Waals surface area contributed by atoms with Crippen molar-refractivity contribution in [1.29, 1.82) is 0 Å². The van der Waals surface area contributed by atoms with Gasteiger partial charge in [-0.2, -0.15) is 0 Å². The lowest BCUT2D eigenvalue weighted by Gasteiger charge is -1.99. The zero-order valence-electron chi connectivity index (χ0n) is 7.09. The molecule has 0 spiro atoms. The third-order valence-corrected chi connectivity index (χ3v) is 2.82. The fraction of sp³-hybridized carbons (Fsp3) is 0.222. The Morgan fingerprint density at radius 2 is 2.15 bits per heavy atom. The van der Waals surface area contributed by atoms with E-state index in [1.54, 1.807) is 12.4 Å². The second-order valence-corrected chi connectivity index (χ2v) is 3.54. The average molecular weight is 215 g/mol. The summed E-state index contributed by atoms with van der Waals surface area (Å²) >= 11 is 11.8. The van der Waals surface area contributed by atoms with Crippen LogP contribution in [0.25, 0.3) is 11.0 Å². The van der Waals surface area contributed by atoms with Crippen molar-refractivity contribution in [3.05, 3.63) is 28.5 Å². The Kier molecular flexibility index (Phi) is 2.18. The van der Waals surface area contributed by atoms with Crippen molar-refractivity contribution in [2.45, 2.75) is 13.5 Å². The number of benzene rings is 1. The Hall–Kier alpha value is -0.730. The summed E-state index contributed by atoms with van der Waals surface area (Å²) in [7, 11) is 0. The predicted octanol–water partition coefficient (Wildman–Crippen LogP) is 3.36. The summed E-state index contributed by atoms with van der Waals surface area (Å²) in [5, 5.41) is 1.09. The molecule has 1 aromatic carbocycles. The van der Waals surface area contributed by atoms with Crippen LogP contribution in [0.5, 0.6) is 0 Å². The van der Waals surface area contributed by atoms with Gasteiger partial charge in [0.15, 0.2) is 0 Å². The highest BCUT2D eigenvalue weighted by Gasteiger charge is 2.07. The molecule has 2 nitrogen and oxygen atoms in total. The molecule has 0 saturated heterocycles. The van der Waals surface area contributed by atoms with Crippen molar-refractivity contribution in [3.63, 3.8) is 0 Å². The molecule has 0 radical (unpaired) electrons. The van der Waals surface area contributed by atoms with Crippen molar-refractivity contribution in [2.75, 3.05) is 0 Å². The van der Waals surface area contributed by atoms with Gasteiger partial charge in [0.1, 0.15) is 5.52 Å². The van der Waals surface area contributed by atoms with E-state index >= 15 is 0 Å². The normalized spacial score (nSPS) is 11.0. The maximum atomic E-state index is 5.99. The summed E-state index contributed by atoms with van der Waals surface area (Å²) in [4.78, 5) is 4.20. The van der Waals surface area contributed by atoms with Gasteiger partial charge in [0.05, 0.1) is 21.9 Å². The van der Waals surface area contributed by atoms with E-state index in [1.165, 1.54) is 0 Å². The molecule has 68 valence electrons. The van der Waals surface area contributed by atoms with Crippen LogP contribution in [0.1, 0.15) is 6.92 Å². The maximum absolute atomic E-state index is 5.99. The summed E-state index contributed by atoms with van der Waals surface area (Å²) in [5.41, 5.74) is 1.80. The smallest absolute Gasteiger partial charge is 0.109 e. The molecule has 0 amide bonds. The second kappa shape index (κ2) is 3.20. The Balaban J connectivity index is 2.81. The molecular weight excluding hydrogens is 207 g/mol. The summed E-state index contributed by atoms with van der Waals surface area (Å²) in [5.74, 6) is 0. The molecule has 0 fully saturated rings. The van der Waals surface area contributed by atoms with Gasteiger partial charge in [-0.3, -0.25) is 0 Å². The van der Waals surface area contributed by atoms with Crippen LogP contribution in [-0.2, 0) is 6.54 Å². The highest BCUT2D eigenvalue weighted by Crippen LogP contribution is 2.29. The van der Waals surface area contributed by atoms with Crippen molar-refractivity contribution in [1.82, 2.24) is 9.55 Å². The maximum Gasteiger partial charge on any atom is 0.109 e. The molecule has 1 aromatic heterocycles. The first-order valence-electron chi connectivity index (χ1n) is 4.03. The minimum absolute atomic E-state index is 0.534. The Morgan fingerprint density at radius 1 is 1.38 bits per heavy atom. The Morgan fingerprint density at radius 3 is 2.85 bits per heavy atom. The van der Waals surface area contributed by atoms with E-state index in [-0.39, 0.29) is 0 Å². The zero-order chi connectivity index (χ0) is 9.42. The molecule has 0 saturated carbocycles. The predicted molar refractivity (Wildman–Crippen MR) is 55.4 cm³/mol. The van der Waals surface area contributed by atoms with E-state index in [0.717, 1.165) is 17.6 Å². The van der Waals surface area contributed by atoms with Crippen LogP contribution in [0.2, 0.25) is 10.0 Å². The van der Waals surface area contributed by atoms with Gasteiger partial charge < -0.3 is 4.57 Å². The van der Waals surface area contributed by atoms with Gasteiger partial charge in [0.25, 0.3) is 0 Å². The van der Waals surface area contributed by atoms with Crippen LogP contribution in [0.3, 0.4) is 0 Å². The van der Waals surface area contributed by atoms with E-state index in [2.05, 4.69) is 11.9 Å². The molecule has 0 aliphatic carbocycles. The molecule has 0 atom stereocenters. The van der Waals surface area contributed by atoms with Crippen molar-refractivity contribution >= 4 is 34.2 Å². The van der Waals surface area contributed by atoms with Crippen LogP contribution in [0.15, 0.2) is 18.5 Å². The molecule has 2 aromatic rings. The van der Waals surface area contributed by atoms with E-state index < -0.39 is 0 Å². The molecule has 13 heavy (non-hydrogen) atoms. The summed E-state index contributed by atoms with van der Waals surface area (Å²) < 4.78 is 2.03. The summed E-state index contributed by atoms with van der Waals surface area (Å²) in [6.45, 7) is 2.94. The van der Waals surface area contributed by atoms with Gasteiger partial charge in [-0.15, -0.1) is 0 Å². The number of aryl methyl sites for hydroxylation is 1. The molecule has 0 aliphatic rings. The highest BCUT2D eigenvalue weighted by atomic mass is 35.5. The van der Waals surface area contributed by atoms with Crippen molar-refractivity contribution in [2.24, 2.45) is 0 Å². The first-order valence-corrected chi connectivity index (χ1v) is 4.78. The quantitative estimate of drug-likeness (QED) is 0.713. The Bertz CT molecular complexity index is 448. The molecular formula is C9H8Cl2N2. The fourth-order valence-electron chi connectivity index (χ4n) is 1.33. The molecule has 4 heteroatoms. The van der Waals surface area contributed by atoms with Crippen LogP contribution >= 0.6 is 23.2 Å². The lowest BCUT2D eigenvalue weighted by molar-refractivity contribution is 0.787. The second-order valence-electron chi connectivity index (χ2n) is 2.76. The SMILES string of the molecule is CCn1cnc2c(Cl)c(Cl)ccc21.